The van der Waals surface area contributed by atoms with Crippen LogP contribution in [0.3, 0.4) is 0 Å². The number of fused-ring (bicyclic) bond motifs is 1. The fourth-order valence-electron chi connectivity index (χ4n) is 2.78. The summed E-state index contributed by atoms with van der Waals surface area (Å²) in [7, 11) is 0. The van der Waals surface area contributed by atoms with Gasteiger partial charge in [0.25, 0.3) is 0 Å². The molecule has 2 nitrogen and oxygen atoms in total. The van der Waals surface area contributed by atoms with Crippen LogP contribution < -0.4 is 0 Å². The van der Waals surface area contributed by atoms with Crippen molar-refractivity contribution in [2.75, 3.05) is 0 Å². The smallest absolute Gasteiger partial charge is 0.314 e. The van der Waals surface area contributed by atoms with Crippen LogP contribution in [0.2, 0.25) is 0 Å². The van der Waals surface area contributed by atoms with Crippen LogP contribution in [0.1, 0.15) is 42.4 Å². The molecule has 0 bridgehead atoms. The maximum atomic E-state index is 11.3. The van der Waals surface area contributed by atoms with Gasteiger partial charge in [0.05, 0.1) is 5.41 Å². The van der Waals surface area contributed by atoms with Crippen molar-refractivity contribution in [2.24, 2.45) is 0 Å². The van der Waals surface area contributed by atoms with Gasteiger partial charge in [0.1, 0.15) is 0 Å². The summed E-state index contributed by atoms with van der Waals surface area (Å²) in [5, 5.41) is 9.26. The molecule has 1 aromatic rings. The quantitative estimate of drug-likeness (QED) is 0.825. The van der Waals surface area contributed by atoms with Gasteiger partial charge in [-0.2, -0.15) is 0 Å². The molecule has 2 heteroatoms. The van der Waals surface area contributed by atoms with Gasteiger partial charge in [0.2, 0.25) is 0 Å². The molecule has 0 aromatic heterocycles. The number of benzene rings is 1. The summed E-state index contributed by atoms with van der Waals surface area (Å²) in [5.74, 6) is -0.650. The van der Waals surface area contributed by atoms with Crippen LogP contribution in [-0.2, 0) is 23.1 Å². The van der Waals surface area contributed by atoms with Gasteiger partial charge in [-0.1, -0.05) is 18.2 Å². The first kappa shape index (κ1) is 9.88. The Balaban J connectivity index is 2.00. The molecule has 0 spiro atoms. The lowest BCUT2D eigenvalue weighted by Gasteiger charge is -2.18. The Hall–Kier alpha value is -1.31. The third-order valence-electron chi connectivity index (χ3n) is 4.06. The number of hydrogen-bond donors (Lipinski definition) is 1. The highest BCUT2D eigenvalue weighted by Gasteiger charge is 2.51. The van der Waals surface area contributed by atoms with Crippen molar-refractivity contribution < 1.29 is 9.90 Å². The minimum atomic E-state index is -0.650. The van der Waals surface area contributed by atoms with Gasteiger partial charge in [0, 0.05) is 0 Å². The summed E-state index contributed by atoms with van der Waals surface area (Å²) >= 11 is 0. The van der Waals surface area contributed by atoms with Crippen LogP contribution in [0.4, 0.5) is 0 Å². The van der Waals surface area contributed by atoms with E-state index in [1.165, 1.54) is 24.0 Å². The zero-order valence-corrected chi connectivity index (χ0v) is 9.33. The number of rotatable bonds is 2. The molecule has 1 saturated carbocycles. The first-order chi connectivity index (χ1) is 7.72. The van der Waals surface area contributed by atoms with E-state index < -0.39 is 11.4 Å². The van der Waals surface area contributed by atoms with E-state index in [9.17, 15) is 9.90 Å². The van der Waals surface area contributed by atoms with E-state index in [2.05, 4.69) is 12.1 Å². The monoisotopic (exact) mass is 216 g/mol. The maximum Gasteiger partial charge on any atom is 0.314 e. The molecular formula is C14H16O2. The van der Waals surface area contributed by atoms with Crippen molar-refractivity contribution in [3.63, 3.8) is 0 Å². The summed E-state index contributed by atoms with van der Waals surface area (Å²) in [6.07, 6.45) is 6.42. The van der Waals surface area contributed by atoms with E-state index in [4.69, 9.17) is 0 Å². The lowest BCUT2D eigenvalue weighted by atomic mass is 9.86. The number of carboxylic acid groups (broad SMARTS) is 1. The Kier molecular flexibility index (Phi) is 2.06. The first-order valence-electron chi connectivity index (χ1n) is 6.08. The largest absolute Gasteiger partial charge is 0.481 e. The van der Waals surface area contributed by atoms with Crippen LogP contribution in [0.5, 0.6) is 0 Å². The number of aryl methyl sites for hydroxylation is 2. The number of carboxylic acids is 1. The fraction of sp³-hybridized carbons (Fsp3) is 0.500. The van der Waals surface area contributed by atoms with E-state index in [0.29, 0.717) is 0 Å². The molecule has 2 aliphatic rings. The second-order valence-corrected chi connectivity index (χ2v) is 5.08. The molecule has 1 aromatic carbocycles. The molecule has 0 radical (unpaired) electrons. The van der Waals surface area contributed by atoms with Crippen LogP contribution in [-0.4, -0.2) is 11.1 Å². The third kappa shape index (κ3) is 1.36. The molecule has 0 aliphatic heterocycles. The van der Waals surface area contributed by atoms with E-state index in [0.717, 1.165) is 31.2 Å². The van der Waals surface area contributed by atoms with Crippen molar-refractivity contribution in [1.29, 1.82) is 0 Å². The van der Waals surface area contributed by atoms with Gasteiger partial charge in [-0.3, -0.25) is 4.79 Å². The highest BCUT2D eigenvalue weighted by atomic mass is 16.4. The third-order valence-corrected chi connectivity index (χ3v) is 4.06. The Morgan fingerprint density at radius 1 is 1.12 bits per heavy atom. The highest BCUT2D eigenvalue weighted by Crippen LogP contribution is 2.49. The van der Waals surface area contributed by atoms with E-state index in [-0.39, 0.29) is 0 Å². The number of aliphatic carboxylic acids is 1. The first-order valence-corrected chi connectivity index (χ1v) is 6.08. The normalized spacial score (nSPS) is 21.2. The van der Waals surface area contributed by atoms with E-state index in [1.54, 1.807) is 0 Å². The molecular weight excluding hydrogens is 200 g/mol. The minimum absolute atomic E-state index is 0.535. The zero-order valence-electron chi connectivity index (χ0n) is 9.33. The van der Waals surface area contributed by atoms with Crippen molar-refractivity contribution in [2.45, 2.75) is 43.9 Å². The zero-order chi connectivity index (χ0) is 11.2. The SMILES string of the molecule is O=C(O)C1(c2ccc3c(c2)CCCC3)CC1. The van der Waals surface area contributed by atoms with Crippen molar-refractivity contribution in [3.05, 3.63) is 34.9 Å². The summed E-state index contributed by atoms with van der Waals surface area (Å²) in [4.78, 5) is 11.3. The van der Waals surface area contributed by atoms with Gasteiger partial charge in [0.15, 0.2) is 0 Å². The van der Waals surface area contributed by atoms with E-state index in [1.807, 2.05) is 6.07 Å². The highest BCUT2D eigenvalue weighted by molar-refractivity contribution is 5.85. The van der Waals surface area contributed by atoms with Gasteiger partial charge in [-0.25, -0.2) is 0 Å². The Bertz CT molecular complexity index is 444. The number of hydrogen-bond acceptors (Lipinski definition) is 1. The molecule has 0 heterocycles. The second kappa shape index (κ2) is 3.34. The topological polar surface area (TPSA) is 37.3 Å². The predicted octanol–water partition coefficient (Wildman–Crippen LogP) is 2.68. The molecule has 2 aliphatic carbocycles. The average Bonchev–Trinajstić information content (AvgIpc) is 3.09. The fourth-order valence-corrected chi connectivity index (χ4v) is 2.78. The molecule has 1 fully saturated rings. The van der Waals surface area contributed by atoms with Gasteiger partial charge in [-0.15, -0.1) is 0 Å². The van der Waals surface area contributed by atoms with Crippen molar-refractivity contribution >= 4 is 5.97 Å². The molecule has 0 saturated heterocycles. The summed E-state index contributed by atoms with van der Waals surface area (Å²) in [6.45, 7) is 0. The molecule has 16 heavy (non-hydrogen) atoms. The van der Waals surface area contributed by atoms with Crippen molar-refractivity contribution in [1.82, 2.24) is 0 Å². The Labute approximate surface area is 95.3 Å². The van der Waals surface area contributed by atoms with Crippen LogP contribution in [0, 0.1) is 0 Å². The summed E-state index contributed by atoms with van der Waals surface area (Å²) in [6, 6.07) is 6.33. The maximum absolute atomic E-state index is 11.3. The van der Waals surface area contributed by atoms with E-state index >= 15 is 0 Å². The van der Waals surface area contributed by atoms with Gasteiger partial charge < -0.3 is 5.11 Å². The van der Waals surface area contributed by atoms with Crippen LogP contribution in [0.25, 0.3) is 0 Å². The van der Waals surface area contributed by atoms with Crippen LogP contribution >= 0.6 is 0 Å². The lowest BCUT2D eigenvalue weighted by Crippen LogP contribution is -2.20. The average molecular weight is 216 g/mol. The molecule has 0 unspecified atom stereocenters. The standard InChI is InChI=1S/C14H16O2/c15-13(16)14(7-8-14)12-6-5-10-3-1-2-4-11(10)9-12/h5-6,9H,1-4,7-8H2,(H,15,16). The second-order valence-electron chi connectivity index (χ2n) is 5.08. The molecule has 3 rings (SSSR count). The Morgan fingerprint density at radius 3 is 2.44 bits per heavy atom. The van der Waals surface area contributed by atoms with Crippen molar-refractivity contribution in [3.8, 4) is 0 Å². The summed E-state index contributed by atoms with van der Waals surface area (Å²) in [5.41, 5.74) is 3.31. The van der Waals surface area contributed by atoms with Crippen LogP contribution in [0.15, 0.2) is 18.2 Å². The van der Waals surface area contributed by atoms with Gasteiger partial charge in [-0.05, 0) is 55.2 Å². The predicted molar refractivity (Wildman–Crippen MR) is 61.6 cm³/mol. The number of carbonyl (C=O) groups is 1. The lowest BCUT2D eigenvalue weighted by molar-refractivity contribution is -0.140. The van der Waals surface area contributed by atoms with Gasteiger partial charge >= 0.3 is 5.97 Å². The molecule has 1 N–H and O–H groups in total. The Morgan fingerprint density at radius 2 is 1.81 bits per heavy atom. The molecule has 84 valence electrons. The molecule has 0 atom stereocenters. The minimum Gasteiger partial charge on any atom is -0.481 e. The summed E-state index contributed by atoms with van der Waals surface area (Å²) < 4.78 is 0. The molecule has 0 amide bonds.